The van der Waals surface area contributed by atoms with Crippen LogP contribution >= 0.6 is 0 Å². The number of nitrogens with one attached hydrogen (secondary N) is 1. The van der Waals surface area contributed by atoms with Gasteiger partial charge in [-0.15, -0.1) is 0 Å². The first-order valence-corrected chi connectivity index (χ1v) is 5.24. The number of carbonyl (C=O) groups is 2. The number of rotatable bonds is 5. The molecule has 0 fully saturated rings. The molecule has 0 radical (unpaired) electrons. The van der Waals surface area contributed by atoms with Crippen LogP contribution in [-0.4, -0.2) is 39.2 Å². The average molecular weight is 253 g/mol. The van der Waals surface area contributed by atoms with E-state index < -0.39 is 17.5 Å². The Hall–Kier alpha value is -2.15. The predicted octanol–water partition coefficient (Wildman–Crippen LogP) is -0.842. The van der Waals surface area contributed by atoms with Gasteiger partial charge in [-0.25, -0.2) is 4.79 Å². The maximum Gasteiger partial charge on any atom is 0.337 e. The number of pyridine rings is 1. The van der Waals surface area contributed by atoms with Crippen LogP contribution in [0, 0.1) is 0 Å². The zero-order chi connectivity index (χ0) is 13.8. The minimum absolute atomic E-state index is 0.00399. The molecule has 1 atom stereocenters. The molecule has 1 heterocycles. The summed E-state index contributed by atoms with van der Waals surface area (Å²) in [4.78, 5) is 26.0. The van der Waals surface area contributed by atoms with E-state index in [-0.39, 0.29) is 13.0 Å². The smallest absolute Gasteiger partial charge is 0.337 e. The molecule has 0 saturated heterocycles. The maximum absolute atomic E-state index is 11.5. The molecule has 5 N–H and O–H groups in total. The molecule has 0 saturated carbocycles. The quantitative estimate of drug-likeness (QED) is 0.542. The number of aliphatic carboxylic acids is 1. The Labute approximate surface area is 104 Å². The number of nitrogens with zero attached hydrogens (tertiary/aromatic N) is 1. The second-order valence-corrected chi connectivity index (χ2v) is 4.12. The van der Waals surface area contributed by atoms with Crippen LogP contribution in [0.25, 0.3) is 0 Å². The van der Waals surface area contributed by atoms with Crippen molar-refractivity contribution >= 4 is 17.6 Å². The average Bonchev–Trinajstić information content (AvgIpc) is 2.29. The Balaban J connectivity index is 2.48. The van der Waals surface area contributed by atoms with Crippen molar-refractivity contribution in [1.82, 2.24) is 10.3 Å². The summed E-state index contributed by atoms with van der Waals surface area (Å²) >= 11 is 0. The molecular weight excluding hydrogens is 238 g/mol. The molecule has 0 aliphatic heterocycles. The summed E-state index contributed by atoms with van der Waals surface area (Å²) in [7, 11) is 0. The van der Waals surface area contributed by atoms with Crippen molar-refractivity contribution in [2.75, 3.05) is 12.3 Å². The van der Waals surface area contributed by atoms with Gasteiger partial charge in [0.2, 0.25) is 5.91 Å². The van der Waals surface area contributed by atoms with Crippen molar-refractivity contribution in [3.05, 3.63) is 24.0 Å². The molecule has 1 unspecified atom stereocenters. The molecule has 1 amide bonds. The molecule has 1 aromatic rings. The summed E-state index contributed by atoms with van der Waals surface area (Å²) in [5.41, 5.74) is 4.47. The van der Waals surface area contributed by atoms with Gasteiger partial charge in [0.1, 0.15) is 0 Å². The first kappa shape index (κ1) is 13.9. The molecule has 0 aromatic carbocycles. The topological polar surface area (TPSA) is 126 Å². The lowest BCUT2D eigenvalue weighted by Gasteiger charge is -2.18. The summed E-state index contributed by atoms with van der Waals surface area (Å²) in [5, 5.41) is 20.4. The molecule has 18 heavy (non-hydrogen) atoms. The van der Waals surface area contributed by atoms with Crippen LogP contribution < -0.4 is 11.1 Å². The van der Waals surface area contributed by atoms with E-state index in [9.17, 15) is 14.7 Å². The molecule has 0 aliphatic rings. The highest BCUT2D eigenvalue weighted by Gasteiger charge is 2.30. The van der Waals surface area contributed by atoms with Crippen LogP contribution in [-0.2, 0) is 16.0 Å². The summed E-state index contributed by atoms with van der Waals surface area (Å²) in [6.07, 6.45) is 1.42. The molecule has 1 aromatic heterocycles. The third-order valence-corrected chi connectivity index (χ3v) is 2.28. The van der Waals surface area contributed by atoms with Crippen LogP contribution in [0.15, 0.2) is 18.3 Å². The van der Waals surface area contributed by atoms with Gasteiger partial charge in [-0.2, -0.15) is 0 Å². The number of nitrogens with two attached hydrogens (primary N) is 1. The number of carboxylic acid groups (broad SMARTS) is 1. The second kappa shape index (κ2) is 5.46. The first-order chi connectivity index (χ1) is 8.31. The normalized spacial score (nSPS) is 13.7. The lowest BCUT2D eigenvalue weighted by Crippen LogP contribution is -2.46. The van der Waals surface area contributed by atoms with E-state index in [1.54, 1.807) is 12.1 Å². The standard InChI is InChI=1S/C11H15N3O4/c1-11(18,10(16)17)6-14-9(15)4-8-3-2-7(12)5-13-8/h2-3,5,18H,4,6,12H2,1H3,(H,14,15)(H,16,17). The van der Waals surface area contributed by atoms with E-state index in [1.165, 1.54) is 6.20 Å². The maximum atomic E-state index is 11.5. The lowest BCUT2D eigenvalue weighted by molar-refractivity contribution is -0.156. The Morgan fingerprint density at radius 2 is 2.17 bits per heavy atom. The van der Waals surface area contributed by atoms with Gasteiger partial charge in [0, 0.05) is 5.69 Å². The van der Waals surface area contributed by atoms with Crippen LogP contribution in [0.2, 0.25) is 0 Å². The zero-order valence-electron chi connectivity index (χ0n) is 9.88. The van der Waals surface area contributed by atoms with E-state index in [1.807, 2.05) is 0 Å². The number of anilines is 1. The van der Waals surface area contributed by atoms with Gasteiger partial charge in [0.05, 0.1) is 24.8 Å². The van der Waals surface area contributed by atoms with Crippen molar-refractivity contribution in [1.29, 1.82) is 0 Å². The highest BCUT2D eigenvalue weighted by atomic mass is 16.4. The SMILES string of the molecule is CC(O)(CNC(=O)Cc1ccc(N)cn1)C(=O)O. The van der Waals surface area contributed by atoms with E-state index in [4.69, 9.17) is 10.8 Å². The van der Waals surface area contributed by atoms with E-state index in [0.29, 0.717) is 11.4 Å². The third-order valence-electron chi connectivity index (χ3n) is 2.28. The largest absolute Gasteiger partial charge is 0.479 e. The third kappa shape index (κ3) is 4.02. The van der Waals surface area contributed by atoms with Crippen molar-refractivity contribution in [3.63, 3.8) is 0 Å². The van der Waals surface area contributed by atoms with Crippen LogP contribution in [0.1, 0.15) is 12.6 Å². The minimum atomic E-state index is -1.98. The number of aromatic nitrogens is 1. The fraction of sp³-hybridized carbons (Fsp3) is 0.364. The van der Waals surface area contributed by atoms with Gasteiger partial charge in [-0.05, 0) is 19.1 Å². The van der Waals surface area contributed by atoms with Gasteiger partial charge in [0.15, 0.2) is 5.60 Å². The van der Waals surface area contributed by atoms with E-state index in [2.05, 4.69) is 10.3 Å². The summed E-state index contributed by atoms with van der Waals surface area (Å²) in [6.45, 7) is 0.743. The molecular formula is C11H15N3O4. The number of amides is 1. The number of aliphatic hydroxyl groups is 1. The summed E-state index contributed by atoms with van der Waals surface area (Å²) in [6, 6.07) is 3.22. The molecule has 98 valence electrons. The molecule has 1 rings (SSSR count). The minimum Gasteiger partial charge on any atom is -0.479 e. The van der Waals surface area contributed by atoms with Crippen molar-refractivity contribution in [2.45, 2.75) is 18.9 Å². The highest BCUT2D eigenvalue weighted by molar-refractivity contribution is 5.81. The molecule has 7 heteroatoms. The summed E-state index contributed by atoms with van der Waals surface area (Å²) < 4.78 is 0. The Kier molecular flexibility index (Phi) is 4.22. The number of carbonyl (C=O) groups excluding carboxylic acids is 1. The van der Waals surface area contributed by atoms with Crippen LogP contribution in [0.5, 0.6) is 0 Å². The van der Waals surface area contributed by atoms with Crippen molar-refractivity contribution in [3.8, 4) is 0 Å². The van der Waals surface area contributed by atoms with Gasteiger partial charge in [0.25, 0.3) is 0 Å². The summed E-state index contributed by atoms with van der Waals surface area (Å²) in [5.74, 6) is -1.82. The predicted molar refractivity (Wildman–Crippen MR) is 63.6 cm³/mol. The number of carboxylic acids is 1. The zero-order valence-corrected chi connectivity index (χ0v) is 9.88. The molecule has 0 bridgehead atoms. The van der Waals surface area contributed by atoms with E-state index >= 15 is 0 Å². The number of hydrogen-bond donors (Lipinski definition) is 4. The van der Waals surface area contributed by atoms with Crippen molar-refractivity contribution < 1.29 is 19.8 Å². The monoisotopic (exact) mass is 253 g/mol. The fourth-order valence-corrected chi connectivity index (χ4v) is 1.11. The molecule has 0 spiro atoms. The Bertz CT molecular complexity index is 442. The van der Waals surface area contributed by atoms with Crippen LogP contribution in [0.3, 0.4) is 0 Å². The Morgan fingerprint density at radius 3 is 2.67 bits per heavy atom. The number of hydrogen-bond acceptors (Lipinski definition) is 5. The van der Waals surface area contributed by atoms with Gasteiger partial charge in [-0.3, -0.25) is 9.78 Å². The second-order valence-electron chi connectivity index (χ2n) is 4.12. The highest BCUT2D eigenvalue weighted by Crippen LogP contribution is 2.03. The van der Waals surface area contributed by atoms with Gasteiger partial charge in [-0.1, -0.05) is 0 Å². The van der Waals surface area contributed by atoms with Crippen LogP contribution in [0.4, 0.5) is 5.69 Å². The van der Waals surface area contributed by atoms with Gasteiger partial charge < -0.3 is 21.3 Å². The lowest BCUT2D eigenvalue weighted by atomic mass is 10.1. The fourth-order valence-electron chi connectivity index (χ4n) is 1.11. The Morgan fingerprint density at radius 1 is 1.50 bits per heavy atom. The first-order valence-electron chi connectivity index (χ1n) is 5.24. The van der Waals surface area contributed by atoms with E-state index in [0.717, 1.165) is 6.92 Å². The number of nitrogen functional groups attached to an aromatic ring is 1. The van der Waals surface area contributed by atoms with Gasteiger partial charge >= 0.3 is 5.97 Å². The molecule has 0 aliphatic carbocycles. The van der Waals surface area contributed by atoms with Crippen molar-refractivity contribution in [2.24, 2.45) is 0 Å². The molecule has 7 nitrogen and oxygen atoms in total.